The zero-order valence-corrected chi connectivity index (χ0v) is 16.6. The van der Waals surface area contributed by atoms with Crippen LogP contribution in [0.25, 0.3) is 10.2 Å². The molecule has 2 amide bonds. The van der Waals surface area contributed by atoms with Crippen LogP contribution in [0.1, 0.15) is 18.9 Å². The second-order valence-corrected chi connectivity index (χ2v) is 8.71. The molecule has 0 saturated carbocycles. The quantitative estimate of drug-likeness (QED) is 0.579. The number of aryl methyl sites for hydroxylation is 1. The first-order valence-corrected chi connectivity index (χ1v) is 10.7. The summed E-state index contributed by atoms with van der Waals surface area (Å²) in [6.07, 6.45) is 0.853. The van der Waals surface area contributed by atoms with Crippen molar-refractivity contribution in [2.75, 3.05) is 16.6 Å². The van der Waals surface area contributed by atoms with Crippen molar-refractivity contribution in [2.24, 2.45) is 0 Å². The number of urea groups is 1. The number of fused-ring (bicyclic) bond motifs is 1. The van der Waals surface area contributed by atoms with Crippen molar-refractivity contribution >= 4 is 48.4 Å². The average molecular weight is 405 g/mol. The maximum atomic E-state index is 12.5. The first-order chi connectivity index (χ1) is 12.9. The van der Waals surface area contributed by atoms with Crippen LogP contribution in [0.15, 0.2) is 47.4 Å². The number of nitrogens with zero attached hydrogens (tertiary/aromatic N) is 1. The molecule has 0 spiro atoms. The lowest BCUT2D eigenvalue weighted by Crippen LogP contribution is -2.29. The fourth-order valence-corrected chi connectivity index (χ4v) is 4.49. The predicted octanol–water partition coefficient (Wildman–Crippen LogP) is 3.94. The Morgan fingerprint density at radius 1 is 1.15 bits per heavy atom. The normalized spacial score (nSPS) is 11.3. The average Bonchev–Trinajstić information content (AvgIpc) is 3.01. The summed E-state index contributed by atoms with van der Waals surface area (Å²) < 4.78 is 28.3. The number of amides is 2. The molecule has 0 unspecified atom stereocenters. The third kappa shape index (κ3) is 4.75. The van der Waals surface area contributed by atoms with Gasteiger partial charge < -0.3 is 10.6 Å². The lowest BCUT2D eigenvalue weighted by atomic mass is 10.2. The highest BCUT2D eigenvalue weighted by Crippen LogP contribution is 2.29. The smallest absolute Gasteiger partial charge is 0.319 e. The standard InChI is InChI=1S/C18H20N4O3S2/c1-3-10-19-17(23)20-13-6-9-15-16(11-13)26-18(21-15)22-27(24,25)14-7-4-12(2)5-8-14/h4-9,11H,3,10H2,1-2H3,(H,21,22)(H2,19,20,23). The van der Waals surface area contributed by atoms with Gasteiger partial charge >= 0.3 is 6.03 Å². The monoisotopic (exact) mass is 404 g/mol. The van der Waals surface area contributed by atoms with Gasteiger partial charge in [-0.3, -0.25) is 4.72 Å². The van der Waals surface area contributed by atoms with Crippen LogP contribution < -0.4 is 15.4 Å². The largest absolute Gasteiger partial charge is 0.338 e. The lowest BCUT2D eigenvalue weighted by molar-refractivity contribution is 0.252. The lowest BCUT2D eigenvalue weighted by Gasteiger charge is -2.06. The molecule has 27 heavy (non-hydrogen) atoms. The van der Waals surface area contributed by atoms with Gasteiger partial charge in [-0.2, -0.15) is 0 Å². The van der Waals surface area contributed by atoms with Gasteiger partial charge in [0.05, 0.1) is 15.1 Å². The third-order valence-corrected chi connectivity index (χ3v) is 6.15. The summed E-state index contributed by atoms with van der Waals surface area (Å²) in [5.41, 5.74) is 2.26. The zero-order valence-electron chi connectivity index (χ0n) is 14.9. The number of sulfonamides is 1. The Balaban J connectivity index is 1.78. The summed E-state index contributed by atoms with van der Waals surface area (Å²) in [7, 11) is -3.70. The van der Waals surface area contributed by atoms with E-state index in [2.05, 4.69) is 20.3 Å². The van der Waals surface area contributed by atoms with Crippen LogP contribution in [0, 0.1) is 6.92 Å². The second-order valence-electron chi connectivity index (χ2n) is 6.00. The molecule has 0 fully saturated rings. The Kier molecular flexibility index (Phi) is 5.62. The van der Waals surface area contributed by atoms with Crippen LogP contribution in [-0.4, -0.2) is 26.0 Å². The number of carbonyl (C=O) groups is 1. The molecule has 0 aliphatic carbocycles. The van der Waals surface area contributed by atoms with E-state index < -0.39 is 10.0 Å². The topological polar surface area (TPSA) is 100 Å². The van der Waals surface area contributed by atoms with E-state index in [1.54, 1.807) is 42.5 Å². The first kappa shape index (κ1) is 19.1. The van der Waals surface area contributed by atoms with Crippen LogP contribution in [0.3, 0.4) is 0 Å². The van der Waals surface area contributed by atoms with E-state index >= 15 is 0 Å². The van der Waals surface area contributed by atoms with Crippen LogP contribution in [0.4, 0.5) is 15.6 Å². The third-order valence-electron chi connectivity index (χ3n) is 3.73. The molecule has 0 atom stereocenters. The van der Waals surface area contributed by atoms with E-state index in [1.165, 1.54) is 11.3 Å². The van der Waals surface area contributed by atoms with Gasteiger partial charge in [0.1, 0.15) is 0 Å². The molecule has 2 aromatic carbocycles. The van der Waals surface area contributed by atoms with Gasteiger partial charge in [0.25, 0.3) is 10.0 Å². The SMILES string of the molecule is CCCNC(=O)Nc1ccc2nc(NS(=O)(=O)c3ccc(C)cc3)sc2c1. The Morgan fingerprint density at radius 2 is 1.89 bits per heavy atom. The Bertz CT molecular complexity index is 1060. The van der Waals surface area contributed by atoms with Crippen LogP contribution in [0.5, 0.6) is 0 Å². The number of hydrogen-bond acceptors (Lipinski definition) is 5. The summed E-state index contributed by atoms with van der Waals surface area (Å²) in [6, 6.07) is 11.6. The zero-order chi connectivity index (χ0) is 19.4. The maximum Gasteiger partial charge on any atom is 0.319 e. The van der Waals surface area contributed by atoms with Crippen LogP contribution >= 0.6 is 11.3 Å². The highest BCUT2D eigenvalue weighted by Gasteiger charge is 2.16. The molecular weight excluding hydrogens is 384 g/mol. The Morgan fingerprint density at radius 3 is 2.59 bits per heavy atom. The molecule has 3 rings (SSSR count). The van der Waals surface area contributed by atoms with Gasteiger partial charge in [0, 0.05) is 12.2 Å². The number of nitrogens with one attached hydrogen (secondary N) is 3. The van der Waals surface area contributed by atoms with Crippen molar-refractivity contribution in [2.45, 2.75) is 25.2 Å². The van der Waals surface area contributed by atoms with Gasteiger partial charge in [-0.05, 0) is 43.7 Å². The van der Waals surface area contributed by atoms with Gasteiger partial charge in [0.2, 0.25) is 0 Å². The molecular formula is C18H20N4O3S2. The fraction of sp³-hybridized carbons (Fsp3) is 0.222. The predicted molar refractivity (Wildman–Crippen MR) is 109 cm³/mol. The molecule has 7 nitrogen and oxygen atoms in total. The molecule has 1 heterocycles. The van der Waals surface area contributed by atoms with Crippen LogP contribution in [-0.2, 0) is 10.0 Å². The first-order valence-electron chi connectivity index (χ1n) is 8.42. The van der Waals surface area contributed by atoms with Crippen molar-refractivity contribution in [1.29, 1.82) is 0 Å². The summed E-state index contributed by atoms with van der Waals surface area (Å²) >= 11 is 1.21. The number of rotatable bonds is 6. The molecule has 3 N–H and O–H groups in total. The molecule has 142 valence electrons. The molecule has 0 radical (unpaired) electrons. The van der Waals surface area contributed by atoms with E-state index in [0.29, 0.717) is 17.7 Å². The fourth-order valence-electron chi connectivity index (χ4n) is 2.35. The molecule has 0 bridgehead atoms. The molecule has 0 aliphatic rings. The summed E-state index contributed by atoms with van der Waals surface area (Å²) in [4.78, 5) is 16.2. The molecule has 3 aromatic rings. The van der Waals surface area contributed by atoms with Gasteiger partial charge in [-0.25, -0.2) is 18.2 Å². The number of carbonyl (C=O) groups excluding carboxylic acids is 1. The van der Waals surface area contributed by atoms with E-state index in [4.69, 9.17) is 0 Å². The highest BCUT2D eigenvalue weighted by molar-refractivity contribution is 7.93. The molecule has 0 aliphatic heterocycles. The minimum absolute atomic E-state index is 0.183. The molecule has 1 aromatic heterocycles. The summed E-state index contributed by atoms with van der Waals surface area (Å²) in [5.74, 6) is 0. The van der Waals surface area contributed by atoms with Crippen LogP contribution in [0.2, 0.25) is 0 Å². The minimum atomic E-state index is -3.70. The number of thiazole rings is 1. The molecule has 0 saturated heterocycles. The second kappa shape index (κ2) is 7.93. The minimum Gasteiger partial charge on any atom is -0.338 e. The van der Waals surface area contributed by atoms with Gasteiger partial charge in [-0.1, -0.05) is 36.0 Å². The van der Waals surface area contributed by atoms with E-state index in [-0.39, 0.29) is 16.1 Å². The number of hydrogen-bond donors (Lipinski definition) is 3. The summed E-state index contributed by atoms with van der Waals surface area (Å²) in [5, 5.41) is 5.76. The Hall–Kier alpha value is -2.65. The number of aromatic nitrogens is 1. The maximum absolute atomic E-state index is 12.5. The van der Waals surface area contributed by atoms with E-state index in [9.17, 15) is 13.2 Å². The highest BCUT2D eigenvalue weighted by atomic mass is 32.2. The van der Waals surface area contributed by atoms with Crippen molar-refractivity contribution in [3.8, 4) is 0 Å². The Labute approximate surface area is 161 Å². The van der Waals surface area contributed by atoms with Gasteiger partial charge in [0.15, 0.2) is 5.13 Å². The van der Waals surface area contributed by atoms with Crippen molar-refractivity contribution in [1.82, 2.24) is 10.3 Å². The van der Waals surface area contributed by atoms with E-state index in [1.807, 2.05) is 13.8 Å². The molecule has 9 heteroatoms. The van der Waals surface area contributed by atoms with Crippen molar-refractivity contribution < 1.29 is 13.2 Å². The number of anilines is 2. The number of benzene rings is 2. The van der Waals surface area contributed by atoms with E-state index in [0.717, 1.165) is 16.7 Å². The summed E-state index contributed by atoms with van der Waals surface area (Å²) in [6.45, 7) is 4.47. The van der Waals surface area contributed by atoms with Crippen molar-refractivity contribution in [3.05, 3.63) is 48.0 Å². The van der Waals surface area contributed by atoms with Gasteiger partial charge in [-0.15, -0.1) is 0 Å². The van der Waals surface area contributed by atoms with Crippen molar-refractivity contribution in [3.63, 3.8) is 0 Å².